The van der Waals surface area contributed by atoms with Crippen LogP contribution in [0.25, 0.3) is 33.1 Å². The van der Waals surface area contributed by atoms with E-state index in [4.69, 9.17) is 4.42 Å². The summed E-state index contributed by atoms with van der Waals surface area (Å²) in [6.45, 7) is 0. The molecule has 5 rings (SSSR count). The average molecular weight is 490 g/mol. The van der Waals surface area contributed by atoms with Crippen LogP contribution in [0.1, 0.15) is 15.9 Å². The van der Waals surface area contributed by atoms with Crippen molar-refractivity contribution in [2.75, 3.05) is 0 Å². The number of furan rings is 1. The van der Waals surface area contributed by atoms with Crippen molar-refractivity contribution >= 4 is 46.7 Å². The van der Waals surface area contributed by atoms with Crippen LogP contribution in [0.5, 0.6) is 28.7 Å². The summed E-state index contributed by atoms with van der Waals surface area (Å²) >= 11 is 0.0554. The molecule has 5 N–H and O–H groups in total. The van der Waals surface area contributed by atoms with Gasteiger partial charge in [-0.15, -0.1) is 20.7 Å². The minimum atomic E-state index is -0.976. The molecule has 28 heavy (non-hydrogen) atoms. The second-order valence-corrected chi connectivity index (χ2v) is 9.74. The van der Waals surface area contributed by atoms with E-state index in [1.165, 1.54) is 5.56 Å². The fourth-order valence-electron chi connectivity index (χ4n) is 3.58. The monoisotopic (exact) mass is 490 g/mol. The average Bonchev–Trinajstić information content (AvgIpc) is 3.02. The number of hydrogen-bond donors (Lipinski definition) is 5. The summed E-state index contributed by atoms with van der Waals surface area (Å²) in [5, 5.41) is 51.8. The molecule has 1 aliphatic heterocycles. The first-order valence-electron chi connectivity index (χ1n) is 8.55. The lowest BCUT2D eigenvalue weighted by Gasteiger charge is -2.17. The van der Waals surface area contributed by atoms with Gasteiger partial charge >= 0.3 is 0 Å². The van der Waals surface area contributed by atoms with Crippen molar-refractivity contribution in [1.82, 2.24) is 0 Å². The van der Waals surface area contributed by atoms with E-state index in [-0.39, 0.29) is 26.3 Å². The Balaban J connectivity index is 1.87. The van der Waals surface area contributed by atoms with E-state index in [2.05, 4.69) is 16.1 Å². The molecule has 4 aromatic rings. The van der Waals surface area contributed by atoms with Gasteiger partial charge in [0.25, 0.3) is 0 Å². The van der Waals surface area contributed by atoms with Crippen molar-refractivity contribution < 1.29 is 29.9 Å². The third-order valence-corrected chi connectivity index (χ3v) is 8.17. The Hall–Kier alpha value is -2.94. The molecule has 0 aliphatic carbocycles. The Morgan fingerprint density at radius 3 is 2.14 bits per heavy atom. The summed E-state index contributed by atoms with van der Waals surface area (Å²) in [6, 6.07) is 11.2. The number of halogens is 1. The third-order valence-electron chi connectivity index (χ3n) is 5.06. The zero-order chi connectivity index (χ0) is 19.6. The molecule has 0 saturated heterocycles. The predicted octanol–water partition coefficient (Wildman–Crippen LogP) is 5.00. The zero-order valence-electron chi connectivity index (χ0n) is 14.3. The lowest BCUT2D eigenvalue weighted by Crippen LogP contribution is -1.97. The van der Waals surface area contributed by atoms with Crippen LogP contribution < -0.4 is 0 Å². The van der Waals surface area contributed by atoms with Gasteiger partial charge in [-0.3, -0.25) is 0 Å². The van der Waals surface area contributed by atoms with Crippen LogP contribution in [-0.4, -0.2) is 29.5 Å². The number of phenolic OH excluding ortho intramolecular Hbond substituents is 5. The second-order valence-electron chi connectivity index (χ2n) is 6.64. The highest BCUT2D eigenvalue weighted by molar-refractivity contribution is 14.2. The van der Waals surface area contributed by atoms with Crippen molar-refractivity contribution in [3.63, 3.8) is 0 Å². The van der Waals surface area contributed by atoms with Gasteiger partial charge in [-0.25, -0.2) is 0 Å². The number of hydrogen-bond acceptors (Lipinski definition) is 6. The molecule has 1 aliphatic rings. The number of alkyl halides is 1. The van der Waals surface area contributed by atoms with Crippen molar-refractivity contribution in [3.05, 3.63) is 42.0 Å². The number of rotatable bonds is 2. The second kappa shape index (κ2) is 6.03. The van der Waals surface area contributed by atoms with Crippen LogP contribution in [0.3, 0.4) is 0 Å². The van der Waals surface area contributed by atoms with Gasteiger partial charge in [0, 0.05) is 20.3 Å². The normalized spacial score (nSPS) is 16.2. The molecule has 142 valence electrons. The first-order chi connectivity index (χ1) is 13.5. The lowest BCUT2D eigenvalue weighted by molar-refractivity contribution is 0.330. The molecule has 0 spiro atoms. The Morgan fingerprint density at radius 1 is 0.821 bits per heavy atom. The molecule has 7 heteroatoms. The van der Waals surface area contributed by atoms with Gasteiger partial charge in [-0.2, -0.15) is 0 Å². The van der Waals surface area contributed by atoms with Gasteiger partial charge < -0.3 is 29.9 Å². The predicted molar refractivity (Wildman–Crippen MR) is 115 cm³/mol. The van der Waals surface area contributed by atoms with E-state index >= 15 is 0 Å². The van der Waals surface area contributed by atoms with E-state index in [1.54, 1.807) is 18.2 Å². The van der Waals surface area contributed by atoms with Gasteiger partial charge in [-0.05, 0) is 30.2 Å². The SMILES string of the molecule is Oc1c(O)c(O)c(-c2cccc3oc4ccc(C5CC=I5)cc4c23)c(O)c1O. The van der Waals surface area contributed by atoms with Crippen molar-refractivity contribution in [2.24, 2.45) is 0 Å². The molecule has 6 nitrogen and oxygen atoms in total. The van der Waals surface area contributed by atoms with Crippen molar-refractivity contribution in [1.29, 1.82) is 0 Å². The molecule has 0 bridgehead atoms. The first-order valence-corrected chi connectivity index (χ1v) is 11.0. The molecule has 0 amide bonds. The maximum absolute atomic E-state index is 10.4. The summed E-state index contributed by atoms with van der Waals surface area (Å²) in [7, 11) is 0. The smallest absolute Gasteiger partial charge is 0.208 e. The minimum Gasteiger partial charge on any atom is -0.504 e. The van der Waals surface area contributed by atoms with Gasteiger partial charge in [0.05, 0.1) is 5.56 Å². The van der Waals surface area contributed by atoms with Gasteiger partial charge in [-0.1, -0.05) is 22.2 Å². The lowest BCUT2D eigenvalue weighted by atomic mass is 9.96. The van der Waals surface area contributed by atoms with E-state index in [0.717, 1.165) is 11.8 Å². The third kappa shape index (κ3) is 2.29. The molecule has 0 fully saturated rings. The highest BCUT2D eigenvalue weighted by Gasteiger charge is 2.26. The van der Waals surface area contributed by atoms with E-state index in [1.807, 2.05) is 6.07 Å². The highest BCUT2D eigenvalue weighted by Crippen LogP contribution is 2.56. The summed E-state index contributed by atoms with van der Waals surface area (Å²) in [6.07, 6.45) is 1.07. The van der Waals surface area contributed by atoms with Crippen LogP contribution in [0, 0.1) is 0 Å². The zero-order valence-corrected chi connectivity index (χ0v) is 16.5. The highest BCUT2D eigenvalue weighted by atomic mass is 127. The van der Waals surface area contributed by atoms with Crippen LogP contribution in [-0.2, 0) is 0 Å². The van der Waals surface area contributed by atoms with Crippen LogP contribution in [0.4, 0.5) is 0 Å². The molecule has 1 atom stereocenters. The van der Waals surface area contributed by atoms with Crippen molar-refractivity contribution in [2.45, 2.75) is 10.3 Å². The van der Waals surface area contributed by atoms with E-state index in [0.29, 0.717) is 26.0 Å². The maximum Gasteiger partial charge on any atom is 0.208 e. The van der Waals surface area contributed by atoms with Gasteiger partial charge in [0.1, 0.15) is 11.2 Å². The summed E-state index contributed by atoms with van der Waals surface area (Å²) in [5.41, 5.74) is 2.65. The Bertz CT molecular complexity index is 1270. The Morgan fingerprint density at radius 2 is 1.50 bits per heavy atom. The molecular formula is C21H15IO6. The molecule has 0 radical (unpaired) electrons. The van der Waals surface area contributed by atoms with E-state index < -0.39 is 28.7 Å². The minimum absolute atomic E-state index is 0.0554. The number of fused-ring (bicyclic) bond motifs is 3. The number of phenols is 5. The topological polar surface area (TPSA) is 114 Å². The quantitative estimate of drug-likeness (QED) is 0.117. The van der Waals surface area contributed by atoms with Crippen molar-refractivity contribution in [3.8, 4) is 39.9 Å². The van der Waals surface area contributed by atoms with Gasteiger partial charge in [0.2, 0.25) is 17.2 Å². The van der Waals surface area contributed by atoms with Crippen LogP contribution >= 0.6 is 20.7 Å². The molecule has 1 unspecified atom stereocenters. The summed E-state index contributed by atoms with van der Waals surface area (Å²) in [5.74, 6) is -4.21. The summed E-state index contributed by atoms with van der Waals surface area (Å²) in [4.78, 5) is 0. The Labute approximate surface area is 168 Å². The van der Waals surface area contributed by atoms with Crippen LogP contribution in [0.2, 0.25) is 0 Å². The Kier molecular flexibility index (Phi) is 3.70. The molecular weight excluding hydrogens is 475 g/mol. The maximum atomic E-state index is 10.4. The fourth-order valence-corrected chi connectivity index (χ4v) is 5.39. The molecule has 0 saturated carbocycles. The fraction of sp³-hybridized carbons (Fsp3) is 0.0952. The van der Waals surface area contributed by atoms with Gasteiger partial charge in [0.15, 0.2) is 11.5 Å². The first kappa shape index (κ1) is 17.2. The summed E-state index contributed by atoms with van der Waals surface area (Å²) < 4.78 is 8.84. The molecule has 1 aromatic heterocycles. The largest absolute Gasteiger partial charge is 0.504 e. The number of benzene rings is 3. The van der Waals surface area contributed by atoms with Crippen LogP contribution in [0.15, 0.2) is 40.8 Å². The standard InChI is InChI=1S/C21H15IO6/c23-17-16(18(24)20(26)21(27)19(17)25)10-2-1-3-14-15(10)11-8-9(12-6-7-22-12)4-5-13(11)28-14/h1-5,7-8,12,23-27H,6H2. The molecule has 3 aromatic carbocycles. The molecule has 2 heterocycles. The van der Waals surface area contributed by atoms with E-state index in [9.17, 15) is 25.5 Å². The number of aromatic hydroxyl groups is 5.